The van der Waals surface area contributed by atoms with Gasteiger partial charge in [-0.1, -0.05) is 29.8 Å². The quantitative estimate of drug-likeness (QED) is 0.889. The summed E-state index contributed by atoms with van der Waals surface area (Å²) in [5.41, 5.74) is 1.75. The first-order chi connectivity index (χ1) is 8.68. The minimum absolute atomic E-state index is 0.115. The number of nitrogens with zero attached hydrogens (tertiary/aromatic N) is 1. The minimum Gasteiger partial charge on any atom is -0.506 e. The molecule has 18 heavy (non-hydrogen) atoms. The molecule has 0 saturated heterocycles. The summed E-state index contributed by atoms with van der Waals surface area (Å²) in [6.07, 6.45) is 1.77. The Morgan fingerprint density at radius 1 is 1.28 bits per heavy atom. The molecule has 1 aromatic carbocycles. The lowest BCUT2D eigenvalue weighted by Crippen LogP contribution is -2.19. The first-order valence-electron chi connectivity index (χ1n) is 5.79. The molecule has 1 heterocycles. The Bertz CT molecular complexity index is 516. The minimum atomic E-state index is 0.115. The van der Waals surface area contributed by atoms with Gasteiger partial charge in [0.15, 0.2) is 0 Å². The van der Waals surface area contributed by atoms with Crippen molar-refractivity contribution in [2.24, 2.45) is 0 Å². The molecule has 0 aliphatic rings. The highest BCUT2D eigenvalue weighted by Gasteiger charge is 2.08. The third-order valence-electron chi connectivity index (χ3n) is 2.80. The fraction of sp³-hybridized carbons (Fsp3) is 0.214. The zero-order chi connectivity index (χ0) is 13.0. The number of phenols is 1. The molecular weight excluding hydrogens is 248 g/mol. The van der Waals surface area contributed by atoms with Crippen molar-refractivity contribution in [3.05, 3.63) is 58.9 Å². The van der Waals surface area contributed by atoms with Gasteiger partial charge in [0.1, 0.15) is 5.75 Å². The molecule has 0 aliphatic carbocycles. The van der Waals surface area contributed by atoms with Gasteiger partial charge in [0.2, 0.25) is 0 Å². The molecule has 0 unspecified atom stereocenters. The van der Waals surface area contributed by atoms with Gasteiger partial charge < -0.3 is 10.4 Å². The van der Waals surface area contributed by atoms with Gasteiger partial charge in [0.05, 0.1) is 10.7 Å². The molecule has 2 aromatic rings. The second kappa shape index (κ2) is 5.85. The van der Waals surface area contributed by atoms with E-state index in [1.807, 2.05) is 37.3 Å². The van der Waals surface area contributed by atoms with E-state index in [0.717, 1.165) is 11.3 Å². The zero-order valence-corrected chi connectivity index (χ0v) is 10.9. The van der Waals surface area contributed by atoms with E-state index >= 15 is 0 Å². The van der Waals surface area contributed by atoms with E-state index in [1.54, 1.807) is 12.3 Å². The van der Waals surface area contributed by atoms with Crippen LogP contribution in [0.5, 0.6) is 5.75 Å². The fourth-order valence-electron chi connectivity index (χ4n) is 1.70. The third-order valence-corrected chi connectivity index (χ3v) is 3.11. The summed E-state index contributed by atoms with van der Waals surface area (Å²) in [5.74, 6) is 0.139. The van der Waals surface area contributed by atoms with Crippen molar-refractivity contribution in [3.8, 4) is 5.75 Å². The molecule has 0 radical (unpaired) electrons. The van der Waals surface area contributed by atoms with E-state index in [1.165, 1.54) is 0 Å². The smallest absolute Gasteiger partial charge is 0.138 e. The number of halogens is 1. The van der Waals surface area contributed by atoms with Crippen molar-refractivity contribution in [2.45, 2.75) is 19.5 Å². The lowest BCUT2D eigenvalue weighted by molar-refractivity contribution is 0.460. The lowest BCUT2D eigenvalue weighted by atomic mass is 10.1. The molecule has 2 N–H and O–H groups in total. The van der Waals surface area contributed by atoms with Crippen LogP contribution in [0, 0.1) is 0 Å². The summed E-state index contributed by atoms with van der Waals surface area (Å²) in [5, 5.41) is 13.5. The lowest BCUT2D eigenvalue weighted by Gasteiger charge is -2.14. The van der Waals surface area contributed by atoms with Gasteiger partial charge >= 0.3 is 0 Å². The van der Waals surface area contributed by atoms with E-state index < -0.39 is 0 Å². The summed E-state index contributed by atoms with van der Waals surface area (Å²) >= 11 is 5.86. The molecule has 3 nitrogen and oxygen atoms in total. The molecule has 4 heteroatoms. The van der Waals surface area contributed by atoms with Crippen LogP contribution in [0.2, 0.25) is 5.02 Å². The maximum atomic E-state index is 9.79. The number of nitrogens with one attached hydrogen (secondary N) is 1. The first-order valence-corrected chi connectivity index (χ1v) is 6.17. The zero-order valence-electron chi connectivity index (χ0n) is 10.1. The van der Waals surface area contributed by atoms with Crippen LogP contribution in [0.4, 0.5) is 0 Å². The standard InChI is InChI=1S/C14H15ClN2O/c1-10(13-7-2-3-8-16-13)17-9-11-5-4-6-12(15)14(11)18/h2-8,10,17-18H,9H2,1H3/t10-/m0/s1. The Balaban J connectivity index is 2.02. The topological polar surface area (TPSA) is 45.1 Å². The Morgan fingerprint density at radius 3 is 2.83 bits per heavy atom. The largest absolute Gasteiger partial charge is 0.506 e. The maximum Gasteiger partial charge on any atom is 0.138 e. The number of phenolic OH excluding ortho intramolecular Hbond substituents is 1. The molecule has 0 fully saturated rings. The molecule has 94 valence electrons. The van der Waals surface area contributed by atoms with Crippen molar-refractivity contribution in [2.75, 3.05) is 0 Å². The van der Waals surface area contributed by atoms with Gasteiger partial charge in [-0.05, 0) is 25.1 Å². The Morgan fingerprint density at radius 2 is 2.11 bits per heavy atom. The molecular formula is C14H15ClN2O. The Labute approximate surface area is 111 Å². The molecule has 1 atom stereocenters. The number of benzene rings is 1. The highest BCUT2D eigenvalue weighted by atomic mass is 35.5. The van der Waals surface area contributed by atoms with Gasteiger partial charge in [0.25, 0.3) is 0 Å². The van der Waals surface area contributed by atoms with Crippen molar-refractivity contribution in [3.63, 3.8) is 0 Å². The van der Waals surface area contributed by atoms with Crippen LogP contribution < -0.4 is 5.32 Å². The van der Waals surface area contributed by atoms with Crippen LogP contribution in [0.25, 0.3) is 0 Å². The van der Waals surface area contributed by atoms with E-state index in [0.29, 0.717) is 11.6 Å². The number of hydrogen-bond acceptors (Lipinski definition) is 3. The monoisotopic (exact) mass is 262 g/mol. The highest BCUT2D eigenvalue weighted by molar-refractivity contribution is 6.32. The van der Waals surface area contributed by atoms with Crippen LogP contribution >= 0.6 is 11.6 Å². The molecule has 0 aliphatic heterocycles. The average molecular weight is 263 g/mol. The van der Waals surface area contributed by atoms with E-state index in [9.17, 15) is 5.11 Å². The number of aromatic hydroxyl groups is 1. The van der Waals surface area contributed by atoms with Crippen molar-refractivity contribution in [1.82, 2.24) is 10.3 Å². The Hall–Kier alpha value is -1.58. The number of hydrogen-bond donors (Lipinski definition) is 2. The van der Waals surface area contributed by atoms with E-state index in [-0.39, 0.29) is 11.8 Å². The van der Waals surface area contributed by atoms with Crippen LogP contribution in [0.15, 0.2) is 42.6 Å². The van der Waals surface area contributed by atoms with Crippen molar-refractivity contribution >= 4 is 11.6 Å². The van der Waals surface area contributed by atoms with Gasteiger partial charge in [-0.25, -0.2) is 0 Å². The van der Waals surface area contributed by atoms with Crippen LogP contribution in [0.1, 0.15) is 24.2 Å². The third kappa shape index (κ3) is 3.00. The molecule has 0 amide bonds. The molecule has 0 saturated carbocycles. The summed E-state index contributed by atoms with van der Waals surface area (Å²) in [6, 6.07) is 11.3. The summed E-state index contributed by atoms with van der Waals surface area (Å²) < 4.78 is 0. The summed E-state index contributed by atoms with van der Waals surface area (Å²) in [4.78, 5) is 4.28. The van der Waals surface area contributed by atoms with Crippen molar-refractivity contribution in [1.29, 1.82) is 0 Å². The second-order valence-electron chi connectivity index (χ2n) is 4.10. The number of aromatic nitrogens is 1. The average Bonchev–Trinajstić information content (AvgIpc) is 2.41. The highest BCUT2D eigenvalue weighted by Crippen LogP contribution is 2.27. The molecule has 0 bridgehead atoms. The summed E-state index contributed by atoms with van der Waals surface area (Å²) in [6.45, 7) is 2.58. The fourth-order valence-corrected chi connectivity index (χ4v) is 1.90. The molecule has 1 aromatic heterocycles. The number of para-hydroxylation sites is 1. The van der Waals surface area contributed by atoms with E-state index in [2.05, 4.69) is 10.3 Å². The van der Waals surface area contributed by atoms with Gasteiger partial charge in [-0.15, -0.1) is 0 Å². The maximum absolute atomic E-state index is 9.79. The molecule has 0 spiro atoms. The van der Waals surface area contributed by atoms with Gasteiger partial charge in [-0.3, -0.25) is 4.98 Å². The van der Waals surface area contributed by atoms with Gasteiger partial charge in [0, 0.05) is 24.3 Å². The SMILES string of the molecule is C[C@H](NCc1cccc(Cl)c1O)c1ccccn1. The van der Waals surface area contributed by atoms with Crippen LogP contribution in [-0.4, -0.2) is 10.1 Å². The van der Waals surface area contributed by atoms with Crippen molar-refractivity contribution < 1.29 is 5.11 Å². The molecule has 2 rings (SSSR count). The Kier molecular flexibility index (Phi) is 4.18. The summed E-state index contributed by atoms with van der Waals surface area (Å²) in [7, 11) is 0. The van der Waals surface area contributed by atoms with E-state index in [4.69, 9.17) is 11.6 Å². The van der Waals surface area contributed by atoms with Crippen LogP contribution in [-0.2, 0) is 6.54 Å². The number of pyridine rings is 1. The van der Waals surface area contributed by atoms with Crippen LogP contribution in [0.3, 0.4) is 0 Å². The normalized spacial score (nSPS) is 12.3. The van der Waals surface area contributed by atoms with Gasteiger partial charge in [-0.2, -0.15) is 0 Å². The predicted molar refractivity (Wildman–Crippen MR) is 72.6 cm³/mol. The number of rotatable bonds is 4. The predicted octanol–water partition coefficient (Wildman–Crippen LogP) is 3.29. The first kappa shape index (κ1) is 12.9. The second-order valence-corrected chi connectivity index (χ2v) is 4.51.